The molecule has 2 aliphatic rings. The molecule has 0 aromatic heterocycles. The summed E-state index contributed by atoms with van der Waals surface area (Å²) in [6.07, 6.45) is 5.46. The van der Waals surface area contributed by atoms with Crippen molar-refractivity contribution in [2.24, 2.45) is 11.7 Å². The molecule has 19 heavy (non-hydrogen) atoms. The first-order chi connectivity index (χ1) is 9.05. The van der Waals surface area contributed by atoms with Crippen LogP contribution in [0.4, 0.5) is 0 Å². The molecule has 3 atom stereocenters. The van der Waals surface area contributed by atoms with Crippen molar-refractivity contribution in [3.05, 3.63) is 0 Å². The number of nitrogens with two attached hydrogens (primary N) is 1. The molecule has 4 nitrogen and oxygen atoms in total. The molecule has 1 aliphatic heterocycles. The van der Waals surface area contributed by atoms with Gasteiger partial charge in [0.05, 0.1) is 6.07 Å². The molecule has 2 fully saturated rings. The lowest BCUT2D eigenvalue weighted by molar-refractivity contribution is 0.183. The number of nitriles is 1. The normalized spacial score (nSPS) is 38.0. The van der Waals surface area contributed by atoms with E-state index < -0.39 is 5.54 Å². The van der Waals surface area contributed by atoms with Gasteiger partial charge in [-0.15, -0.1) is 0 Å². The summed E-state index contributed by atoms with van der Waals surface area (Å²) in [5, 5.41) is 9.27. The summed E-state index contributed by atoms with van der Waals surface area (Å²) < 4.78 is 0. The van der Waals surface area contributed by atoms with Crippen molar-refractivity contribution in [1.29, 1.82) is 5.26 Å². The molecule has 3 unspecified atom stereocenters. The third-order valence-electron chi connectivity index (χ3n) is 5.03. The van der Waals surface area contributed by atoms with Crippen LogP contribution in [0.25, 0.3) is 0 Å². The van der Waals surface area contributed by atoms with Crippen molar-refractivity contribution in [1.82, 2.24) is 9.80 Å². The number of rotatable bonds is 3. The van der Waals surface area contributed by atoms with Crippen molar-refractivity contribution >= 4 is 0 Å². The summed E-state index contributed by atoms with van der Waals surface area (Å²) in [7, 11) is 2.21. The van der Waals surface area contributed by atoms with Crippen LogP contribution in [-0.4, -0.2) is 54.6 Å². The van der Waals surface area contributed by atoms with Gasteiger partial charge in [0.25, 0.3) is 0 Å². The highest BCUT2D eigenvalue weighted by molar-refractivity contribution is 5.12. The van der Waals surface area contributed by atoms with Gasteiger partial charge in [-0.05, 0) is 65.2 Å². The lowest BCUT2D eigenvalue weighted by atomic mass is 9.87. The summed E-state index contributed by atoms with van der Waals surface area (Å²) >= 11 is 0. The maximum absolute atomic E-state index is 9.27. The average molecular weight is 264 g/mol. The van der Waals surface area contributed by atoms with Crippen LogP contribution in [0, 0.1) is 17.2 Å². The van der Waals surface area contributed by atoms with Crippen LogP contribution in [-0.2, 0) is 0 Å². The van der Waals surface area contributed by atoms with E-state index in [9.17, 15) is 5.26 Å². The first-order valence-electron chi connectivity index (χ1n) is 7.68. The van der Waals surface area contributed by atoms with Gasteiger partial charge >= 0.3 is 0 Å². The molecule has 0 amide bonds. The maximum Gasteiger partial charge on any atom is 0.107 e. The van der Waals surface area contributed by atoms with E-state index in [1.165, 1.54) is 19.5 Å². The van der Waals surface area contributed by atoms with Gasteiger partial charge in [-0.2, -0.15) is 5.26 Å². The van der Waals surface area contributed by atoms with Crippen LogP contribution in [0.5, 0.6) is 0 Å². The fourth-order valence-electron chi connectivity index (χ4n) is 3.73. The largest absolute Gasteiger partial charge is 0.313 e. The molecule has 1 saturated heterocycles. The van der Waals surface area contributed by atoms with Crippen LogP contribution in [0.15, 0.2) is 0 Å². The minimum atomic E-state index is -0.550. The Kier molecular flexibility index (Phi) is 4.83. The van der Waals surface area contributed by atoms with Gasteiger partial charge in [0.1, 0.15) is 5.54 Å². The second-order valence-corrected chi connectivity index (χ2v) is 6.53. The number of likely N-dealkylation sites (N-methyl/N-ethyl adjacent to an activating group) is 1. The molecular formula is C15H28N4. The Morgan fingerprint density at radius 3 is 2.89 bits per heavy atom. The number of hydrogen-bond donors (Lipinski definition) is 1. The summed E-state index contributed by atoms with van der Waals surface area (Å²) in [5.74, 6) is 0.394. The van der Waals surface area contributed by atoms with Crippen LogP contribution in [0.3, 0.4) is 0 Å². The van der Waals surface area contributed by atoms with E-state index in [1.807, 2.05) is 0 Å². The van der Waals surface area contributed by atoms with Gasteiger partial charge < -0.3 is 10.6 Å². The molecule has 1 heterocycles. The molecule has 2 rings (SSSR count). The zero-order chi connectivity index (χ0) is 13.9. The Morgan fingerprint density at radius 2 is 2.16 bits per heavy atom. The van der Waals surface area contributed by atoms with Crippen LogP contribution >= 0.6 is 0 Å². The zero-order valence-corrected chi connectivity index (χ0v) is 12.4. The van der Waals surface area contributed by atoms with Gasteiger partial charge in [0, 0.05) is 12.6 Å². The van der Waals surface area contributed by atoms with Crippen molar-refractivity contribution in [3.8, 4) is 6.07 Å². The highest BCUT2D eigenvalue weighted by Crippen LogP contribution is 2.35. The van der Waals surface area contributed by atoms with Crippen molar-refractivity contribution in [2.75, 3.05) is 33.2 Å². The van der Waals surface area contributed by atoms with Crippen LogP contribution in [0.1, 0.15) is 39.0 Å². The Balaban J connectivity index is 1.86. The molecule has 1 saturated carbocycles. The van der Waals surface area contributed by atoms with Gasteiger partial charge in [-0.3, -0.25) is 4.90 Å². The predicted octanol–water partition coefficient (Wildman–Crippen LogP) is 1.42. The first kappa shape index (κ1) is 14.8. The van der Waals surface area contributed by atoms with Crippen molar-refractivity contribution in [3.63, 3.8) is 0 Å². The number of nitrogens with zero attached hydrogens (tertiary/aromatic N) is 3. The second kappa shape index (κ2) is 6.21. The second-order valence-electron chi connectivity index (χ2n) is 6.53. The highest BCUT2D eigenvalue weighted by atomic mass is 15.2. The molecule has 0 radical (unpaired) electrons. The molecule has 4 heteroatoms. The van der Waals surface area contributed by atoms with E-state index in [2.05, 4.69) is 29.8 Å². The van der Waals surface area contributed by atoms with E-state index in [0.717, 1.165) is 38.8 Å². The van der Waals surface area contributed by atoms with Gasteiger partial charge in [-0.1, -0.05) is 6.42 Å². The lowest BCUT2D eigenvalue weighted by Gasteiger charge is -2.31. The molecule has 0 bridgehead atoms. The Labute approximate surface area is 117 Å². The minimum absolute atomic E-state index is 0.394. The first-order valence-corrected chi connectivity index (χ1v) is 7.68. The van der Waals surface area contributed by atoms with Gasteiger partial charge in [0.2, 0.25) is 0 Å². The molecule has 108 valence electrons. The zero-order valence-electron chi connectivity index (χ0n) is 12.4. The molecule has 0 aromatic carbocycles. The maximum atomic E-state index is 9.27. The van der Waals surface area contributed by atoms with E-state index in [0.29, 0.717) is 12.0 Å². The third-order valence-corrected chi connectivity index (χ3v) is 5.03. The molecule has 1 aliphatic carbocycles. The highest BCUT2D eigenvalue weighted by Gasteiger charge is 2.39. The van der Waals surface area contributed by atoms with Crippen LogP contribution < -0.4 is 5.73 Å². The average Bonchev–Trinajstić information content (AvgIpc) is 2.67. The third kappa shape index (κ3) is 3.47. The van der Waals surface area contributed by atoms with Crippen LogP contribution in [0.2, 0.25) is 0 Å². The monoisotopic (exact) mass is 264 g/mol. The summed E-state index contributed by atoms with van der Waals surface area (Å²) in [4.78, 5) is 5.00. The van der Waals surface area contributed by atoms with E-state index >= 15 is 0 Å². The lowest BCUT2D eigenvalue weighted by Crippen LogP contribution is -2.44. The SMILES string of the molecule is CC1CN(C)CCCN1CCC1CCCC1(N)C#N. The standard InChI is InChI=1S/C15H28N4/c1-13-11-18(2)8-4-9-19(13)10-6-14-5-3-7-15(14,17)12-16/h13-14H,3-11,17H2,1-2H3. The fourth-order valence-corrected chi connectivity index (χ4v) is 3.73. The smallest absolute Gasteiger partial charge is 0.107 e. The summed E-state index contributed by atoms with van der Waals surface area (Å²) in [5.41, 5.74) is 5.67. The summed E-state index contributed by atoms with van der Waals surface area (Å²) in [6.45, 7) is 6.94. The fraction of sp³-hybridized carbons (Fsp3) is 0.933. The van der Waals surface area contributed by atoms with E-state index in [4.69, 9.17) is 5.73 Å². The minimum Gasteiger partial charge on any atom is -0.313 e. The van der Waals surface area contributed by atoms with E-state index in [1.54, 1.807) is 0 Å². The molecule has 0 spiro atoms. The Morgan fingerprint density at radius 1 is 1.37 bits per heavy atom. The predicted molar refractivity (Wildman–Crippen MR) is 77.6 cm³/mol. The summed E-state index contributed by atoms with van der Waals surface area (Å²) in [6, 6.07) is 2.97. The van der Waals surface area contributed by atoms with Gasteiger partial charge in [-0.25, -0.2) is 0 Å². The van der Waals surface area contributed by atoms with Crippen molar-refractivity contribution in [2.45, 2.75) is 50.6 Å². The molecule has 0 aromatic rings. The Hall–Kier alpha value is -0.630. The number of hydrogen-bond acceptors (Lipinski definition) is 4. The van der Waals surface area contributed by atoms with Crippen molar-refractivity contribution < 1.29 is 0 Å². The Bertz CT molecular complexity index is 338. The van der Waals surface area contributed by atoms with Gasteiger partial charge in [0.15, 0.2) is 0 Å². The topological polar surface area (TPSA) is 56.3 Å². The molecule has 2 N–H and O–H groups in total. The molecular weight excluding hydrogens is 236 g/mol. The quantitative estimate of drug-likeness (QED) is 0.837. The van der Waals surface area contributed by atoms with E-state index in [-0.39, 0.29) is 0 Å².